The third-order valence-corrected chi connectivity index (χ3v) is 4.54. The minimum absolute atomic E-state index is 0.0357. The van der Waals surface area contributed by atoms with E-state index in [1.165, 1.54) is 23.1 Å². The molecule has 4 nitrogen and oxygen atoms in total. The molecule has 0 aliphatic heterocycles. The number of aryl methyl sites for hydroxylation is 1. The van der Waals surface area contributed by atoms with Gasteiger partial charge in [-0.05, 0) is 30.7 Å². The van der Waals surface area contributed by atoms with Crippen LogP contribution in [-0.4, -0.2) is 21.7 Å². The summed E-state index contributed by atoms with van der Waals surface area (Å²) in [6.45, 7) is 1.87. The van der Waals surface area contributed by atoms with Gasteiger partial charge in [0.15, 0.2) is 10.1 Å². The van der Waals surface area contributed by atoms with Crippen molar-refractivity contribution in [2.45, 2.75) is 11.3 Å². The molecule has 1 aromatic carbocycles. The van der Waals surface area contributed by atoms with Gasteiger partial charge in [0.2, 0.25) is 5.13 Å². The molecule has 0 saturated carbocycles. The van der Waals surface area contributed by atoms with Crippen LogP contribution >= 0.6 is 34.7 Å². The fourth-order valence-electron chi connectivity index (χ4n) is 1.31. The van der Waals surface area contributed by atoms with Crippen LogP contribution < -0.4 is 5.73 Å². The zero-order valence-electron chi connectivity index (χ0n) is 9.51. The lowest BCUT2D eigenvalue weighted by Gasteiger charge is -2.02. The Morgan fingerprint density at radius 3 is 2.89 bits per heavy atom. The van der Waals surface area contributed by atoms with Crippen LogP contribution in [-0.2, 0) is 0 Å². The number of anilines is 1. The Hall–Kier alpha value is -1.11. The number of benzene rings is 1. The summed E-state index contributed by atoms with van der Waals surface area (Å²) in [5, 5.41) is 8.61. The van der Waals surface area contributed by atoms with Gasteiger partial charge in [-0.3, -0.25) is 4.79 Å². The summed E-state index contributed by atoms with van der Waals surface area (Å²) in [7, 11) is 0. The van der Waals surface area contributed by atoms with Crippen LogP contribution in [0.1, 0.15) is 15.9 Å². The first-order valence-electron chi connectivity index (χ1n) is 5.07. The number of ketones is 1. The molecule has 0 radical (unpaired) electrons. The number of thioether (sulfide) groups is 1. The van der Waals surface area contributed by atoms with Gasteiger partial charge in [-0.25, -0.2) is 0 Å². The highest BCUT2D eigenvalue weighted by atomic mass is 35.5. The molecule has 0 aliphatic rings. The summed E-state index contributed by atoms with van der Waals surface area (Å²) in [4.78, 5) is 11.9. The first kappa shape index (κ1) is 13.3. The molecular formula is C11H10ClN3OS2. The predicted molar refractivity (Wildman–Crippen MR) is 75.6 cm³/mol. The molecule has 0 fully saturated rings. The molecule has 0 aliphatic carbocycles. The third-order valence-electron chi connectivity index (χ3n) is 2.23. The lowest BCUT2D eigenvalue weighted by atomic mass is 10.1. The van der Waals surface area contributed by atoms with Gasteiger partial charge in [0.25, 0.3) is 0 Å². The van der Waals surface area contributed by atoms with Crippen molar-refractivity contribution in [3.05, 3.63) is 34.3 Å². The van der Waals surface area contributed by atoms with Crippen molar-refractivity contribution in [3.8, 4) is 0 Å². The Morgan fingerprint density at radius 2 is 2.28 bits per heavy atom. The van der Waals surface area contributed by atoms with Gasteiger partial charge in [0.05, 0.1) is 5.75 Å². The largest absolute Gasteiger partial charge is 0.374 e. The van der Waals surface area contributed by atoms with E-state index in [2.05, 4.69) is 10.2 Å². The maximum absolute atomic E-state index is 11.9. The smallest absolute Gasteiger partial charge is 0.203 e. The molecule has 18 heavy (non-hydrogen) atoms. The van der Waals surface area contributed by atoms with E-state index < -0.39 is 0 Å². The van der Waals surface area contributed by atoms with Crippen LogP contribution in [0.2, 0.25) is 5.02 Å². The quantitative estimate of drug-likeness (QED) is 0.694. The van der Waals surface area contributed by atoms with E-state index in [9.17, 15) is 4.79 Å². The van der Waals surface area contributed by atoms with Crippen LogP contribution in [0.15, 0.2) is 22.5 Å². The molecule has 7 heteroatoms. The number of aromatic nitrogens is 2. The maximum atomic E-state index is 11.9. The Kier molecular flexibility index (Phi) is 4.21. The Morgan fingerprint density at radius 1 is 1.50 bits per heavy atom. The van der Waals surface area contributed by atoms with Crippen molar-refractivity contribution >= 4 is 45.6 Å². The highest BCUT2D eigenvalue weighted by molar-refractivity contribution is 8.01. The number of halogens is 1. The first-order valence-corrected chi connectivity index (χ1v) is 7.25. The summed E-state index contributed by atoms with van der Waals surface area (Å²) in [5.41, 5.74) is 7.02. The number of rotatable bonds is 4. The molecule has 0 unspecified atom stereocenters. The number of nitrogens with two attached hydrogens (primary N) is 1. The van der Waals surface area contributed by atoms with Crippen molar-refractivity contribution in [2.75, 3.05) is 11.5 Å². The van der Waals surface area contributed by atoms with Gasteiger partial charge in [0.1, 0.15) is 0 Å². The zero-order valence-corrected chi connectivity index (χ0v) is 11.9. The first-order chi connectivity index (χ1) is 8.56. The van der Waals surface area contributed by atoms with Gasteiger partial charge in [-0.15, -0.1) is 10.2 Å². The minimum Gasteiger partial charge on any atom is -0.374 e. The second kappa shape index (κ2) is 5.69. The van der Waals surface area contributed by atoms with Crippen molar-refractivity contribution < 1.29 is 4.79 Å². The van der Waals surface area contributed by atoms with E-state index >= 15 is 0 Å². The number of nitrogens with zero attached hydrogens (tertiary/aromatic N) is 2. The Balaban J connectivity index is 2.01. The van der Waals surface area contributed by atoms with Crippen molar-refractivity contribution in [1.82, 2.24) is 10.2 Å². The third kappa shape index (κ3) is 3.22. The lowest BCUT2D eigenvalue weighted by molar-refractivity contribution is 0.102. The van der Waals surface area contributed by atoms with E-state index in [-0.39, 0.29) is 5.78 Å². The van der Waals surface area contributed by atoms with Crippen LogP contribution in [0.4, 0.5) is 5.13 Å². The molecule has 1 heterocycles. The molecule has 0 bridgehead atoms. The van der Waals surface area contributed by atoms with Crippen LogP contribution in [0, 0.1) is 6.92 Å². The topological polar surface area (TPSA) is 68.9 Å². The zero-order chi connectivity index (χ0) is 13.1. The number of Topliss-reactive ketones (excluding diaryl/α,β-unsaturated/α-hetero) is 1. The molecule has 0 atom stereocenters. The normalized spacial score (nSPS) is 10.6. The van der Waals surface area contributed by atoms with Gasteiger partial charge in [0, 0.05) is 10.6 Å². The number of nitrogen functional groups attached to an aromatic ring is 1. The summed E-state index contributed by atoms with van der Waals surface area (Å²) in [6.07, 6.45) is 0. The molecular weight excluding hydrogens is 290 g/mol. The van der Waals surface area contributed by atoms with Gasteiger partial charge in [-0.1, -0.05) is 34.7 Å². The highest BCUT2D eigenvalue weighted by Gasteiger charge is 2.10. The van der Waals surface area contributed by atoms with E-state index in [4.69, 9.17) is 17.3 Å². The molecule has 0 amide bonds. The molecule has 2 N–H and O–H groups in total. The monoisotopic (exact) mass is 299 g/mol. The molecule has 1 aromatic heterocycles. The SMILES string of the molecule is Cc1cc(C(=O)CSc2nnc(N)s2)ccc1Cl. The summed E-state index contributed by atoms with van der Waals surface area (Å²) < 4.78 is 0.700. The highest BCUT2D eigenvalue weighted by Crippen LogP contribution is 2.25. The van der Waals surface area contributed by atoms with Gasteiger partial charge >= 0.3 is 0 Å². The standard InChI is InChI=1S/C11H10ClN3OS2/c1-6-4-7(2-3-8(6)12)9(16)5-17-11-15-14-10(13)18-11/h2-4H,5H2,1H3,(H2,13,14). The average molecular weight is 300 g/mol. The second-order valence-corrected chi connectivity index (χ2v) is 6.22. The van der Waals surface area contributed by atoms with Crippen LogP contribution in [0.3, 0.4) is 0 Å². The van der Waals surface area contributed by atoms with Crippen LogP contribution in [0.25, 0.3) is 0 Å². The molecule has 94 valence electrons. The molecule has 0 saturated heterocycles. The van der Waals surface area contributed by atoms with Crippen molar-refractivity contribution in [3.63, 3.8) is 0 Å². The summed E-state index contributed by atoms with van der Waals surface area (Å²) in [5.74, 6) is 0.351. The number of carbonyl (C=O) groups excluding carboxylic acids is 1. The Bertz CT molecular complexity index is 585. The van der Waals surface area contributed by atoms with Crippen molar-refractivity contribution in [1.29, 1.82) is 0 Å². The molecule has 2 aromatic rings. The van der Waals surface area contributed by atoms with Crippen molar-refractivity contribution in [2.24, 2.45) is 0 Å². The fraction of sp³-hybridized carbons (Fsp3) is 0.182. The number of hydrogen-bond donors (Lipinski definition) is 1. The molecule has 0 spiro atoms. The average Bonchev–Trinajstić information content (AvgIpc) is 2.75. The number of carbonyl (C=O) groups is 1. The Labute approximate surface area is 118 Å². The van der Waals surface area contributed by atoms with E-state index in [0.717, 1.165) is 5.56 Å². The maximum Gasteiger partial charge on any atom is 0.203 e. The minimum atomic E-state index is 0.0357. The fourth-order valence-corrected chi connectivity index (χ4v) is 2.96. The van der Waals surface area contributed by atoms with E-state index in [1.54, 1.807) is 18.2 Å². The van der Waals surface area contributed by atoms with Crippen LogP contribution in [0.5, 0.6) is 0 Å². The van der Waals surface area contributed by atoms with E-state index in [0.29, 0.717) is 25.8 Å². The number of hydrogen-bond acceptors (Lipinski definition) is 6. The van der Waals surface area contributed by atoms with Gasteiger partial charge in [-0.2, -0.15) is 0 Å². The lowest BCUT2D eigenvalue weighted by Crippen LogP contribution is -2.02. The van der Waals surface area contributed by atoms with E-state index in [1.807, 2.05) is 6.92 Å². The molecule has 2 rings (SSSR count). The second-order valence-electron chi connectivity index (χ2n) is 3.58. The summed E-state index contributed by atoms with van der Waals surface area (Å²) >= 11 is 8.53. The van der Waals surface area contributed by atoms with Gasteiger partial charge < -0.3 is 5.73 Å². The predicted octanol–water partition coefficient (Wildman–Crippen LogP) is 3.06. The summed E-state index contributed by atoms with van der Waals surface area (Å²) in [6, 6.07) is 5.25.